The molecular weight excluding hydrogens is 350 g/mol. The van der Waals surface area contributed by atoms with Crippen LogP contribution in [0.25, 0.3) is 0 Å². The number of carbonyl (C=O) groups is 2. The average Bonchev–Trinajstić information content (AvgIpc) is 3.06. The summed E-state index contributed by atoms with van der Waals surface area (Å²) in [5, 5.41) is 6.61. The van der Waals surface area contributed by atoms with Crippen molar-refractivity contribution in [2.24, 2.45) is 23.2 Å². The molecule has 0 aromatic carbocycles. The van der Waals surface area contributed by atoms with Gasteiger partial charge in [-0.2, -0.15) is 0 Å². The second-order valence-corrected chi connectivity index (χ2v) is 8.84. The van der Waals surface area contributed by atoms with Crippen LogP contribution in [0.3, 0.4) is 0 Å². The lowest BCUT2D eigenvalue weighted by Gasteiger charge is -2.42. The molecule has 0 radical (unpaired) electrons. The Kier molecular flexibility index (Phi) is 7.37. The van der Waals surface area contributed by atoms with Crippen LogP contribution in [0.1, 0.15) is 59.3 Å². The highest BCUT2D eigenvalue weighted by molar-refractivity contribution is 5.85. The van der Waals surface area contributed by atoms with Gasteiger partial charge in [0.1, 0.15) is 0 Å². The standard InChI is InChI=1S/C20H35N3O2.ClH/c1-14(2)15(3)22-18(24)16-7-10-23(11-8-16)19(25)20-9-5-4-6-17(20)12-21-13-20;/h14-17,21H,4-13H2,1-3H3,(H,22,24);1H/t15?,17-,20+;/m0./s1. The minimum atomic E-state index is -0.153. The molecule has 2 N–H and O–H groups in total. The van der Waals surface area contributed by atoms with Crippen molar-refractivity contribution in [1.29, 1.82) is 0 Å². The lowest BCUT2D eigenvalue weighted by molar-refractivity contribution is -0.148. The summed E-state index contributed by atoms with van der Waals surface area (Å²) in [6.45, 7) is 9.64. The predicted molar refractivity (Wildman–Crippen MR) is 106 cm³/mol. The Balaban J connectivity index is 0.00000243. The third kappa shape index (κ3) is 4.19. The van der Waals surface area contributed by atoms with E-state index in [1.54, 1.807) is 0 Å². The fraction of sp³-hybridized carbons (Fsp3) is 0.900. The Morgan fingerprint density at radius 2 is 1.81 bits per heavy atom. The lowest BCUT2D eigenvalue weighted by atomic mass is 9.67. The summed E-state index contributed by atoms with van der Waals surface area (Å²) in [6.07, 6.45) is 6.27. The number of hydrogen-bond acceptors (Lipinski definition) is 3. The monoisotopic (exact) mass is 385 g/mol. The molecule has 0 bridgehead atoms. The van der Waals surface area contributed by atoms with Gasteiger partial charge in [0.15, 0.2) is 0 Å². The molecule has 1 saturated carbocycles. The second-order valence-electron chi connectivity index (χ2n) is 8.84. The van der Waals surface area contributed by atoms with Crippen LogP contribution in [-0.4, -0.2) is 48.9 Å². The summed E-state index contributed by atoms with van der Waals surface area (Å²) >= 11 is 0. The molecule has 2 heterocycles. The largest absolute Gasteiger partial charge is 0.353 e. The number of likely N-dealkylation sites (tertiary alicyclic amines) is 1. The summed E-state index contributed by atoms with van der Waals surface area (Å²) in [4.78, 5) is 27.8. The second kappa shape index (κ2) is 8.92. The number of hydrogen-bond donors (Lipinski definition) is 2. The fourth-order valence-corrected chi connectivity index (χ4v) is 4.84. The van der Waals surface area contributed by atoms with E-state index in [0.717, 1.165) is 45.4 Å². The van der Waals surface area contributed by atoms with E-state index in [1.165, 1.54) is 19.3 Å². The van der Waals surface area contributed by atoms with Crippen molar-refractivity contribution in [1.82, 2.24) is 15.5 Å². The molecule has 3 rings (SSSR count). The highest BCUT2D eigenvalue weighted by atomic mass is 35.5. The van der Waals surface area contributed by atoms with Crippen LogP contribution in [-0.2, 0) is 9.59 Å². The van der Waals surface area contributed by atoms with E-state index >= 15 is 0 Å². The molecule has 2 amide bonds. The van der Waals surface area contributed by atoms with E-state index in [1.807, 2.05) is 0 Å². The molecule has 0 spiro atoms. The normalized spacial score (nSPS) is 30.5. The molecule has 6 heteroatoms. The van der Waals surface area contributed by atoms with Gasteiger partial charge in [0, 0.05) is 31.6 Å². The molecule has 5 nitrogen and oxygen atoms in total. The molecule has 150 valence electrons. The van der Waals surface area contributed by atoms with E-state index in [4.69, 9.17) is 0 Å². The summed E-state index contributed by atoms with van der Waals surface area (Å²) < 4.78 is 0. The SMILES string of the molecule is CC(C)C(C)NC(=O)C1CCN(C(=O)[C@@]23CCCC[C@H]2CNC3)CC1.Cl. The maximum Gasteiger partial charge on any atom is 0.230 e. The molecule has 0 aromatic rings. The van der Waals surface area contributed by atoms with Crippen molar-refractivity contribution in [2.75, 3.05) is 26.2 Å². The Morgan fingerprint density at radius 3 is 2.46 bits per heavy atom. The number of amides is 2. The molecular formula is C20H36ClN3O2. The Labute approximate surface area is 164 Å². The topological polar surface area (TPSA) is 61.4 Å². The zero-order valence-electron chi connectivity index (χ0n) is 16.6. The molecule has 3 atom stereocenters. The first-order valence-electron chi connectivity index (χ1n) is 10.2. The summed E-state index contributed by atoms with van der Waals surface area (Å²) in [5.41, 5.74) is -0.153. The first-order valence-corrected chi connectivity index (χ1v) is 10.2. The first-order chi connectivity index (χ1) is 11.9. The maximum atomic E-state index is 13.3. The highest BCUT2D eigenvalue weighted by Gasteiger charge is 2.51. The van der Waals surface area contributed by atoms with Crippen LogP contribution in [0.4, 0.5) is 0 Å². The highest BCUT2D eigenvalue weighted by Crippen LogP contribution is 2.45. The van der Waals surface area contributed by atoms with Crippen molar-refractivity contribution in [3.05, 3.63) is 0 Å². The van der Waals surface area contributed by atoms with E-state index in [0.29, 0.717) is 17.7 Å². The van der Waals surface area contributed by atoms with Gasteiger partial charge in [-0.1, -0.05) is 26.7 Å². The fourth-order valence-electron chi connectivity index (χ4n) is 4.84. The van der Waals surface area contributed by atoms with Crippen molar-refractivity contribution >= 4 is 24.2 Å². The lowest BCUT2D eigenvalue weighted by Crippen LogP contribution is -2.53. The van der Waals surface area contributed by atoms with Crippen molar-refractivity contribution in [3.63, 3.8) is 0 Å². The minimum absolute atomic E-state index is 0. The van der Waals surface area contributed by atoms with Gasteiger partial charge < -0.3 is 15.5 Å². The third-order valence-corrected chi connectivity index (χ3v) is 6.99. The minimum Gasteiger partial charge on any atom is -0.353 e. The Hall–Kier alpha value is -0.810. The van der Waals surface area contributed by atoms with E-state index in [2.05, 4.69) is 36.3 Å². The number of halogens is 1. The number of nitrogens with one attached hydrogen (secondary N) is 2. The van der Waals surface area contributed by atoms with Gasteiger partial charge >= 0.3 is 0 Å². The van der Waals surface area contributed by atoms with Gasteiger partial charge in [-0.3, -0.25) is 9.59 Å². The summed E-state index contributed by atoms with van der Waals surface area (Å²) in [5.74, 6) is 1.55. The number of carbonyl (C=O) groups excluding carboxylic acids is 2. The van der Waals surface area contributed by atoms with E-state index in [9.17, 15) is 9.59 Å². The number of rotatable bonds is 4. The molecule has 3 fully saturated rings. The van der Waals surface area contributed by atoms with Gasteiger partial charge in [0.05, 0.1) is 5.41 Å². The number of fused-ring (bicyclic) bond motifs is 1. The maximum absolute atomic E-state index is 13.3. The quantitative estimate of drug-likeness (QED) is 0.781. The smallest absolute Gasteiger partial charge is 0.230 e. The van der Waals surface area contributed by atoms with Crippen molar-refractivity contribution in [3.8, 4) is 0 Å². The van der Waals surface area contributed by atoms with Crippen LogP contribution in [0.5, 0.6) is 0 Å². The molecule has 0 aromatic heterocycles. The average molecular weight is 386 g/mol. The molecule has 1 unspecified atom stereocenters. The van der Waals surface area contributed by atoms with Gasteiger partial charge in [-0.05, 0) is 51.0 Å². The first kappa shape index (κ1) is 21.5. The van der Waals surface area contributed by atoms with E-state index < -0.39 is 0 Å². The molecule has 3 aliphatic rings. The van der Waals surface area contributed by atoms with Gasteiger partial charge in [-0.15, -0.1) is 12.4 Å². The summed E-state index contributed by atoms with van der Waals surface area (Å²) in [7, 11) is 0. The van der Waals surface area contributed by atoms with Crippen LogP contribution < -0.4 is 10.6 Å². The van der Waals surface area contributed by atoms with Crippen molar-refractivity contribution in [2.45, 2.75) is 65.3 Å². The van der Waals surface area contributed by atoms with Gasteiger partial charge in [0.2, 0.25) is 11.8 Å². The van der Waals surface area contributed by atoms with Gasteiger partial charge in [0.25, 0.3) is 0 Å². The Morgan fingerprint density at radius 1 is 1.12 bits per heavy atom. The zero-order valence-corrected chi connectivity index (χ0v) is 17.4. The summed E-state index contributed by atoms with van der Waals surface area (Å²) in [6, 6.07) is 0.207. The zero-order chi connectivity index (χ0) is 18.0. The van der Waals surface area contributed by atoms with Gasteiger partial charge in [-0.25, -0.2) is 0 Å². The van der Waals surface area contributed by atoms with Crippen LogP contribution in [0.15, 0.2) is 0 Å². The molecule has 26 heavy (non-hydrogen) atoms. The van der Waals surface area contributed by atoms with Crippen LogP contribution in [0, 0.1) is 23.2 Å². The molecule has 1 aliphatic carbocycles. The van der Waals surface area contributed by atoms with Crippen LogP contribution in [0.2, 0.25) is 0 Å². The Bertz CT molecular complexity index is 505. The van der Waals surface area contributed by atoms with Crippen molar-refractivity contribution < 1.29 is 9.59 Å². The number of piperidine rings is 1. The molecule has 2 aliphatic heterocycles. The predicted octanol–water partition coefficient (Wildman–Crippen LogP) is 2.59. The van der Waals surface area contributed by atoms with Crippen LogP contribution >= 0.6 is 12.4 Å². The third-order valence-electron chi connectivity index (χ3n) is 6.99. The number of nitrogens with zero attached hydrogens (tertiary/aromatic N) is 1. The van der Waals surface area contributed by atoms with E-state index in [-0.39, 0.29) is 35.7 Å². The molecule has 2 saturated heterocycles.